The Morgan fingerprint density at radius 3 is 2.47 bits per heavy atom. The van der Waals surface area contributed by atoms with E-state index in [2.05, 4.69) is 26.2 Å². The smallest absolute Gasteiger partial charge is 0.243 e. The van der Waals surface area contributed by atoms with E-state index in [-0.39, 0.29) is 12.5 Å². The van der Waals surface area contributed by atoms with Crippen LogP contribution in [0.5, 0.6) is 11.5 Å². The Bertz CT molecular complexity index is 1110. The average molecular weight is 400 g/mol. The molecule has 0 aliphatic rings. The number of tetrazole rings is 1. The summed E-state index contributed by atoms with van der Waals surface area (Å²) in [5.41, 5.74) is 3.32. The van der Waals surface area contributed by atoms with Crippen molar-refractivity contribution in [3.63, 3.8) is 0 Å². The second kappa shape index (κ2) is 8.87. The van der Waals surface area contributed by atoms with Crippen LogP contribution in [0.2, 0.25) is 0 Å². The van der Waals surface area contributed by atoms with Gasteiger partial charge in [-0.15, -0.1) is 5.10 Å². The van der Waals surface area contributed by atoms with Gasteiger partial charge >= 0.3 is 0 Å². The molecule has 8 nitrogen and oxygen atoms in total. The fourth-order valence-corrected chi connectivity index (χ4v) is 2.95. The van der Waals surface area contributed by atoms with Crippen LogP contribution in [0.4, 0.5) is 11.4 Å². The number of ether oxygens (including phenoxy) is 1. The first-order valence-electron chi connectivity index (χ1n) is 9.39. The Balaban J connectivity index is 1.34. The van der Waals surface area contributed by atoms with Crippen molar-refractivity contribution in [3.8, 4) is 17.2 Å². The van der Waals surface area contributed by atoms with Crippen LogP contribution < -0.4 is 15.4 Å². The number of benzene rings is 3. The average Bonchev–Trinajstić information content (AvgIpc) is 3.30. The van der Waals surface area contributed by atoms with Crippen molar-refractivity contribution in [2.75, 3.05) is 17.2 Å². The molecule has 0 saturated heterocycles. The van der Waals surface area contributed by atoms with Crippen LogP contribution in [0.1, 0.15) is 5.56 Å². The Labute approximate surface area is 173 Å². The summed E-state index contributed by atoms with van der Waals surface area (Å²) in [6, 6.07) is 22.5. The zero-order valence-electron chi connectivity index (χ0n) is 16.3. The van der Waals surface area contributed by atoms with E-state index in [9.17, 15) is 4.79 Å². The van der Waals surface area contributed by atoms with Crippen molar-refractivity contribution in [3.05, 3.63) is 84.7 Å². The molecule has 0 bridgehead atoms. The molecule has 0 saturated carbocycles. The van der Waals surface area contributed by atoms with E-state index in [1.54, 1.807) is 16.8 Å². The van der Waals surface area contributed by atoms with Gasteiger partial charge in [0.2, 0.25) is 5.91 Å². The lowest BCUT2D eigenvalue weighted by Gasteiger charge is -2.13. The number of carbonyl (C=O) groups is 1. The zero-order valence-corrected chi connectivity index (χ0v) is 16.3. The number of nitrogens with zero attached hydrogens (tertiary/aromatic N) is 4. The Hall–Kier alpha value is -4.20. The van der Waals surface area contributed by atoms with Gasteiger partial charge in [-0.2, -0.15) is 0 Å². The predicted molar refractivity (Wildman–Crippen MR) is 114 cm³/mol. The van der Waals surface area contributed by atoms with E-state index in [1.807, 2.05) is 67.6 Å². The number of carbonyl (C=O) groups excluding carboxylic acids is 1. The molecule has 30 heavy (non-hydrogen) atoms. The van der Waals surface area contributed by atoms with Gasteiger partial charge in [0.1, 0.15) is 17.8 Å². The lowest BCUT2D eigenvalue weighted by Crippen LogP contribution is -2.22. The summed E-state index contributed by atoms with van der Waals surface area (Å²) in [6.45, 7) is 2.07. The first kappa shape index (κ1) is 19.1. The van der Waals surface area contributed by atoms with Crippen molar-refractivity contribution in [1.82, 2.24) is 20.2 Å². The largest absolute Gasteiger partial charge is 0.457 e. The van der Waals surface area contributed by atoms with Gasteiger partial charge < -0.3 is 15.4 Å². The van der Waals surface area contributed by atoms with Crippen LogP contribution in [0.3, 0.4) is 0 Å². The SMILES string of the molecule is Cc1c(NCC(=O)Nc2ccc(Oc3ccccc3)cc2)cccc1-n1cnnn1. The standard InChI is InChI=1S/C22H20N6O2/c1-16-20(8-5-9-21(16)28-15-24-26-27-28)23-14-22(29)25-17-10-12-19(13-11-17)30-18-6-3-2-4-7-18/h2-13,15,23H,14H2,1H3,(H,25,29). The van der Waals surface area contributed by atoms with Crippen LogP contribution in [-0.4, -0.2) is 32.7 Å². The summed E-state index contributed by atoms with van der Waals surface area (Å²) in [5, 5.41) is 17.3. The van der Waals surface area contributed by atoms with Gasteiger partial charge in [0.05, 0.1) is 12.2 Å². The molecule has 0 radical (unpaired) electrons. The predicted octanol–water partition coefficient (Wildman–Crippen LogP) is 3.81. The van der Waals surface area contributed by atoms with E-state index in [4.69, 9.17) is 4.74 Å². The highest BCUT2D eigenvalue weighted by Crippen LogP contribution is 2.23. The molecule has 0 aliphatic carbocycles. The molecule has 0 unspecified atom stereocenters. The third-order valence-corrected chi connectivity index (χ3v) is 4.46. The molecule has 4 rings (SSSR count). The number of aromatic nitrogens is 4. The fourth-order valence-electron chi connectivity index (χ4n) is 2.95. The zero-order chi connectivity index (χ0) is 20.8. The molecular formula is C22H20N6O2. The minimum Gasteiger partial charge on any atom is -0.457 e. The van der Waals surface area contributed by atoms with Crippen LogP contribution in [0, 0.1) is 6.92 Å². The Kier molecular flexibility index (Phi) is 5.66. The lowest BCUT2D eigenvalue weighted by molar-refractivity contribution is -0.114. The second-order valence-corrected chi connectivity index (χ2v) is 6.55. The number of para-hydroxylation sites is 1. The molecule has 0 fully saturated rings. The monoisotopic (exact) mass is 400 g/mol. The molecule has 1 heterocycles. The van der Waals surface area contributed by atoms with Crippen LogP contribution in [0.25, 0.3) is 5.69 Å². The lowest BCUT2D eigenvalue weighted by atomic mass is 10.1. The molecule has 0 atom stereocenters. The molecule has 1 aromatic heterocycles. The number of nitrogens with one attached hydrogen (secondary N) is 2. The Morgan fingerprint density at radius 1 is 0.967 bits per heavy atom. The van der Waals surface area contributed by atoms with Gasteiger partial charge in [-0.1, -0.05) is 24.3 Å². The van der Waals surface area contributed by atoms with Gasteiger partial charge in [0, 0.05) is 11.4 Å². The van der Waals surface area contributed by atoms with Crippen molar-refractivity contribution in [2.45, 2.75) is 6.92 Å². The van der Waals surface area contributed by atoms with Gasteiger partial charge in [-0.05, 0) is 71.4 Å². The summed E-state index contributed by atoms with van der Waals surface area (Å²) in [6.07, 6.45) is 1.53. The van der Waals surface area contributed by atoms with E-state index >= 15 is 0 Å². The van der Waals surface area contributed by atoms with Gasteiger partial charge in [0.25, 0.3) is 0 Å². The first-order valence-corrected chi connectivity index (χ1v) is 9.39. The van der Waals surface area contributed by atoms with E-state index in [1.165, 1.54) is 6.33 Å². The second-order valence-electron chi connectivity index (χ2n) is 6.55. The summed E-state index contributed by atoms with van der Waals surface area (Å²) in [4.78, 5) is 12.3. The van der Waals surface area contributed by atoms with E-state index < -0.39 is 0 Å². The van der Waals surface area contributed by atoms with E-state index in [0.717, 1.165) is 22.7 Å². The van der Waals surface area contributed by atoms with Crippen LogP contribution in [-0.2, 0) is 4.79 Å². The van der Waals surface area contributed by atoms with Crippen LogP contribution >= 0.6 is 0 Å². The maximum absolute atomic E-state index is 12.3. The maximum atomic E-state index is 12.3. The number of hydrogen-bond donors (Lipinski definition) is 2. The fraction of sp³-hybridized carbons (Fsp3) is 0.0909. The molecule has 0 spiro atoms. The third kappa shape index (κ3) is 4.61. The van der Waals surface area contributed by atoms with Crippen LogP contribution in [0.15, 0.2) is 79.1 Å². The maximum Gasteiger partial charge on any atom is 0.243 e. The summed E-state index contributed by atoms with van der Waals surface area (Å²) in [7, 11) is 0. The van der Waals surface area contributed by atoms with Gasteiger partial charge in [-0.25, -0.2) is 4.68 Å². The normalized spacial score (nSPS) is 10.4. The third-order valence-electron chi connectivity index (χ3n) is 4.46. The highest BCUT2D eigenvalue weighted by Gasteiger charge is 2.09. The van der Waals surface area contributed by atoms with Crippen molar-refractivity contribution in [1.29, 1.82) is 0 Å². The molecular weight excluding hydrogens is 380 g/mol. The number of hydrogen-bond acceptors (Lipinski definition) is 6. The number of anilines is 2. The highest BCUT2D eigenvalue weighted by molar-refractivity contribution is 5.94. The number of rotatable bonds is 7. The molecule has 150 valence electrons. The molecule has 3 aromatic carbocycles. The molecule has 8 heteroatoms. The number of amides is 1. The summed E-state index contributed by atoms with van der Waals surface area (Å²) in [5.74, 6) is 1.31. The Morgan fingerprint density at radius 2 is 1.73 bits per heavy atom. The first-order chi connectivity index (χ1) is 14.7. The van der Waals surface area contributed by atoms with Crippen molar-refractivity contribution in [2.24, 2.45) is 0 Å². The minimum atomic E-state index is -0.154. The molecule has 1 amide bonds. The molecule has 2 N–H and O–H groups in total. The van der Waals surface area contributed by atoms with Crippen molar-refractivity contribution >= 4 is 17.3 Å². The molecule has 4 aromatic rings. The van der Waals surface area contributed by atoms with Gasteiger partial charge in [-0.3, -0.25) is 4.79 Å². The topological polar surface area (TPSA) is 94.0 Å². The van der Waals surface area contributed by atoms with Crippen molar-refractivity contribution < 1.29 is 9.53 Å². The van der Waals surface area contributed by atoms with E-state index in [0.29, 0.717) is 11.4 Å². The summed E-state index contributed by atoms with van der Waals surface area (Å²) < 4.78 is 7.34. The van der Waals surface area contributed by atoms with Gasteiger partial charge in [0.15, 0.2) is 0 Å². The minimum absolute atomic E-state index is 0.127. The highest BCUT2D eigenvalue weighted by atomic mass is 16.5. The quantitative estimate of drug-likeness (QED) is 0.490. The summed E-state index contributed by atoms with van der Waals surface area (Å²) >= 11 is 0. The molecule has 0 aliphatic heterocycles.